The molecule has 0 N–H and O–H groups in total. The van der Waals surface area contributed by atoms with Crippen LogP contribution in [-0.2, 0) is 6.54 Å². The minimum Gasteiger partial charge on any atom is -0.292 e. The Morgan fingerprint density at radius 2 is 1.96 bits per heavy atom. The van der Waals surface area contributed by atoms with Gasteiger partial charge in [0.25, 0.3) is 5.56 Å². The van der Waals surface area contributed by atoms with E-state index < -0.39 is 0 Å². The lowest BCUT2D eigenvalue weighted by Gasteiger charge is -2.05. The minimum atomic E-state index is 0.0875. The molecule has 0 atom stereocenters. The third-order valence-electron chi connectivity index (χ3n) is 5.15. The molecule has 0 bridgehead atoms. The predicted molar refractivity (Wildman–Crippen MR) is 116 cm³/mol. The molecule has 0 spiro atoms. The first-order chi connectivity index (χ1) is 13.1. The van der Waals surface area contributed by atoms with E-state index in [9.17, 15) is 4.79 Å². The summed E-state index contributed by atoms with van der Waals surface area (Å²) in [7, 11) is 0. The Kier molecular flexibility index (Phi) is 3.88. The van der Waals surface area contributed by atoms with Crippen molar-refractivity contribution in [1.82, 2.24) is 9.55 Å². The van der Waals surface area contributed by atoms with Crippen molar-refractivity contribution < 1.29 is 0 Å². The number of aromatic nitrogens is 2. The fourth-order valence-electron chi connectivity index (χ4n) is 3.77. The van der Waals surface area contributed by atoms with Crippen LogP contribution in [0.2, 0.25) is 0 Å². The van der Waals surface area contributed by atoms with Gasteiger partial charge in [0, 0.05) is 21.9 Å². The van der Waals surface area contributed by atoms with Crippen LogP contribution >= 0.6 is 22.7 Å². The largest absolute Gasteiger partial charge is 0.292 e. The van der Waals surface area contributed by atoms with Gasteiger partial charge in [-0.3, -0.25) is 9.36 Å². The molecule has 1 aliphatic rings. The van der Waals surface area contributed by atoms with Crippen molar-refractivity contribution in [3.63, 3.8) is 0 Å². The van der Waals surface area contributed by atoms with Gasteiger partial charge in [0.1, 0.15) is 10.7 Å². The summed E-state index contributed by atoms with van der Waals surface area (Å²) in [5.41, 5.74) is 4.64. The summed E-state index contributed by atoms with van der Waals surface area (Å²) in [6, 6.07) is 12.3. The molecule has 134 valence electrons. The van der Waals surface area contributed by atoms with Crippen LogP contribution in [0.4, 0.5) is 0 Å². The topological polar surface area (TPSA) is 34.9 Å². The normalized spacial score (nSPS) is 15.0. The molecule has 5 heteroatoms. The molecule has 0 saturated carbocycles. The van der Waals surface area contributed by atoms with Crippen molar-refractivity contribution in [2.24, 2.45) is 0 Å². The van der Waals surface area contributed by atoms with Crippen molar-refractivity contribution in [2.75, 3.05) is 0 Å². The lowest BCUT2D eigenvalue weighted by Crippen LogP contribution is -2.20. The Bertz CT molecular complexity index is 1260. The van der Waals surface area contributed by atoms with Gasteiger partial charge in [-0.2, -0.15) is 0 Å². The third kappa shape index (κ3) is 2.61. The maximum absolute atomic E-state index is 13.3. The fraction of sp³-hybridized carbons (Fsp3) is 0.182. The molecule has 0 amide bonds. The fourth-order valence-corrected chi connectivity index (χ4v) is 5.69. The summed E-state index contributed by atoms with van der Waals surface area (Å²) in [5, 5.41) is 2.87. The molecule has 5 rings (SSSR count). The summed E-state index contributed by atoms with van der Waals surface area (Å²) < 4.78 is 1.86. The molecule has 3 nitrogen and oxygen atoms in total. The van der Waals surface area contributed by atoms with E-state index in [1.54, 1.807) is 22.7 Å². The molecule has 4 heterocycles. The highest BCUT2D eigenvalue weighted by Gasteiger charge is 2.25. The van der Waals surface area contributed by atoms with Gasteiger partial charge in [0.2, 0.25) is 0 Å². The van der Waals surface area contributed by atoms with Crippen molar-refractivity contribution in [3.8, 4) is 11.1 Å². The monoisotopic (exact) mass is 390 g/mol. The summed E-state index contributed by atoms with van der Waals surface area (Å²) in [5.74, 6) is 0.834. The highest BCUT2D eigenvalue weighted by molar-refractivity contribution is 7.19. The second kappa shape index (κ2) is 6.29. The predicted octanol–water partition coefficient (Wildman–Crippen LogP) is 5.75. The SMILES string of the molecule is Cc1ccsc1/C=C1\CCn2c1nc1sc(C)c(-c3ccccc3)c1c2=O. The van der Waals surface area contributed by atoms with E-state index >= 15 is 0 Å². The first-order valence-electron chi connectivity index (χ1n) is 8.98. The van der Waals surface area contributed by atoms with Crippen LogP contribution in [0, 0.1) is 13.8 Å². The van der Waals surface area contributed by atoms with E-state index in [0.29, 0.717) is 6.54 Å². The van der Waals surface area contributed by atoms with E-state index in [-0.39, 0.29) is 5.56 Å². The average molecular weight is 391 g/mol. The molecule has 0 radical (unpaired) electrons. The standard InChI is InChI=1S/C22H18N2OS2/c1-13-9-11-26-17(13)12-16-8-10-24-20(16)23-21-19(22(24)25)18(14(2)27-21)15-6-4-3-5-7-15/h3-7,9,11-12H,8,10H2,1-2H3/b16-12+. The zero-order chi connectivity index (χ0) is 18.5. The zero-order valence-electron chi connectivity index (χ0n) is 15.2. The lowest BCUT2D eigenvalue weighted by atomic mass is 10.0. The van der Waals surface area contributed by atoms with Gasteiger partial charge in [-0.15, -0.1) is 22.7 Å². The van der Waals surface area contributed by atoms with Gasteiger partial charge in [0.05, 0.1) is 5.39 Å². The summed E-state index contributed by atoms with van der Waals surface area (Å²) in [6.07, 6.45) is 3.06. The van der Waals surface area contributed by atoms with Gasteiger partial charge in [-0.25, -0.2) is 4.98 Å². The van der Waals surface area contributed by atoms with Gasteiger partial charge in [-0.1, -0.05) is 30.3 Å². The molecule has 0 fully saturated rings. The van der Waals surface area contributed by atoms with Crippen LogP contribution in [0.1, 0.15) is 27.6 Å². The van der Waals surface area contributed by atoms with Gasteiger partial charge >= 0.3 is 0 Å². The summed E-state index contributed by atoms with van der Waals surface area (Å²) >= 11 is 3.35. The number of allylic oxidation sites excluding steroid dienone is 1. The smallest absolute Gasteiger partial charge is 0.263 e. The molecule has 27 heavy (non-hydrogen) atoms. The second-order valence-corrected chi connectivity index (χ2v) is 9.01. The number of aryl methyl sites for hydroxylation is 2. The Morgan fingerprint density at radius 1 is 1.15 bits per heavy atom. The first-order valence-corrected chi connectivity index (χ1v) is 10.7. The number of hydrogen-bond donors (Lipinski definition) is 0. The van der Waals surface area contributed by atoms with Crippen LogP contribution in [0.15, 0.2) is 46.6 Å². The molecule has 4 aromatic rings. The highest BCUT2D eigenvalue weighted by Crippen LogP contribution is 2.38. The van der Waals surface area contributed by atoms with E-state index in [4.69, 9.17) is 4.98 Å². The Labute approximate surface area is 165 Å². The van der Waals surface area contributed by atoms with Crippen LogP contribution in [0.25, 0.3) is 33.0 Å². The zero-order valence-corrected chi connectivity index (χ0v) is 16.8. The van der Waals surface area contributed by atoms with Crippen LogP contribution in [0.3, 0.4) is 0 Å². The van der Waals surface area contributed by atoms with E-state index in [1.807, 2.05) is 22.8 Å². The number of hydrogen-bond acceptors (Lipinski definition) is 4. The molecule has 0 aliphatic carbocycles. The van der Waals surface area contributed by atoms with Gasteiger partial charge in [-0.05, 0) is 54.5 Å². The van der Waals surface area contributed by atoms with Crippen LogP contribution in [-0.4, -0.2) is 9.55 Å². The Morgan fingerprint density at radius 3 is 2.70 bits per heavy atom. The maximum atomic E-state index is 13.3. The summed E-state index contributed by atoms with van der Waals surface area (Å²) in [6.45, 7) is 4.91. The van der Waals surface area contributed by atoms with Crippen LogP contribution < -0.4 is 5.56 Å². The Balaban J connectivity index is 1.74. The van der Waals surface area contributed by atoms with Crippen molar-refractivity contribution in [2.45, 2.75) is 26.8 Å². The molecular weight excluding hydrogens is 372 g/mol. The quantitative estimate of drug-likeness (QED) is 0.437. The molecular formula is C22H18N2OS2. The van der Waals surface area contributed by atoms with E-state index in [0.717, 1.165) is 44.0 Å². The third-order valence-corrected chi connectivity index (χ3v) is 7.11. The van der Waals surface area contributed by atoms with Gasteiger partial charge < -0.3 is 0 Å². The van der Waals surface area contributed by atoms with Crippen molar-refractivity contribution in [3.05, 3.63) is 73.3 Å². The first kappa shape index (κ1) is 16.7. The lowest BCUT2D eigenvalue weighted by molar-refractivity contribution is 0.726. The number of nitrogens with zero attached hydrogens (tertiary/aromatic N) is 2. The van der Waals surface area contributed by atoms with Crippen molar-refractivity contribution in [1.29, 1.82) is 0 Å². The number of rotatable bonds is 2. The number of thiophene rings is 2. The highest BCUT2D eigenvalue weighted by atomic mass is 32.1. The minimum absolute atomic E-state index is 0.0875. The molecule has 0 saturated heterocycles. The molecule has 3 aromatic heterocycles. The Hall–Kier alpha value is -2.50. The maximum Gasteiger partial charge on any atom is 0.263 e. The molecule has 0 unspecified atom stereocenters. The van der Waals surface area contributed by atoms with Crippen LogP contribution in [0.5, 0.6) is 0 Å². The second-order valence-electron chi connectivity index (χ2n) is 6.86. The van der Waals surface area contributed by atoms with E-state index in [2.05, 4.69) is 43.5 Å². The van der Waals surface area contributed by atoms with Gasteiger partial charge in [0.15, 0.2) is 0 Å². The molecule has 1 aromatic carbocycles. The number of benzene rings is 1. The van der Waals surface area contributed by atoms with E-state index in [1.165, 1.54) is 10.4 Å². The summed E-state index contributed by atoms with van der Waals surface area (Å²) in [4.78, 5) is 21.5. The average Bonchev–Trinajstić information content (AvgIpc) is 3.35. The number of fused-ring (bicyclic) bond motifs is 2. The molecule has 1 aliphatic heterocycles. The van der Waals surface area contributed by atoms with Crippen molar-refractivity contribution >= 4 is 44.5 Å².